The molecule has 0 spiro atoms. The number of amides is 1. The first-order valence-electron chi connectivity index (χ1n) is 10.9. The minimum Gasteiger partial charge on any atom is -0.352 e. The van der Waals surface area contributed by atoms with Gasteiger partial charge in [-0.15, -0.1) is 0 Å². The molecule has 0 radical (unpaired) electrons. The summed E-state index contributed by atoms with van der Waals surface area (Å²) in [6, 6.07) is 0. The van der Waals surface area contributed by atoms with E-state index < -0.39 is 0 Å². The monoisotopic (exact) mass is 361 g/mol. The molecule has 1 amide bonds. The fraction of sp³-hybridized carbons (Fsp3) is 0.708. The summed E-state index contributed by atoms with van der Waals surface area (Å²) in [4.78, 5) is 11.5. The van der Waals surface area contributed by atoms with E-state index in [4.69, 9.17) is 0 Å². The van der Waals surface area contributed by atoms with Crippen LogP contribution in [0.2, 0.25) is 0 Å². The van der Waals surface area contributed by atoms with Crippen LogP contribution in [0.5, 0.6) is 0 Å². The van der Waals surface area contributed by atoms with Gasteiger partial charge in [-0.25, -0.2) is 0 Å². The Bertz CT molecular complexity index is 393. The first-order valence-corrected chi connectivity index (χ1v) is 10.9. The van der Waals surface area contributed by atoms with Gasteiger partial charge in [-0.05, 0) is 18.8 Å². The zero-order valence-electron chi connectivity index (χ0n) is 17.6. The molecule has 0 bridgehead atoms. The van der Waals surface area contributed by atoms with E-state index >= 15 is 0 Å². The maximum Gasteiger partial charge on any atom is 0.243 e. The summed E-state index contributed by atoms with van der Waals surface area (Å²) in [6.07, 6.45) is 28.0. The molecular weight excluding hydrogens is 318 g/mol. The van der Waals surface area contributed by atoms with E-state index in [1.807, 2.05) is 12.2 Å². The third kappa shape index (κ3) is 20.7. The molecule has 0 aromatic carbocycles. The molecule has 26 heavy (non-hydrogen) atoms. The average Bonchev–Trinajstić information content (AvgIpc) is 2.62. The Labute approximate surface area is 163 Å². The summed E-state index contributed by atoms with van der Waals surface area (Å²) in [6.45, 7) is 7.18. The number of unbranched alkanes of at least 4 members (excludes halogenated alkanes) is 11. The zero-order chi connectivity index (χ0) is 19.3. The van der Waals surface area contributed by atoms with Crippen LogP contribution >= 0.6 is 0 Å². The van der Waals surface area contributed by atoms with E-state index in [1.165, 1.54) is 70.6 Å². The summed E-state index contributed by atoms with van der Waals surface area (Å²) >= 11 is 0. The second-order valence-electron chi connectivity index (χ2n) is 7.64. The Hall–Kier alpha value is -1.31. The molecule has 0 unspecified atom stereocenters. The first-order chi connectivity index (χ1) is 12.7. The van der Waals surface area contributed by atoms with Crippen molar-refractivity contribution in [3.05, 3.63) is 36.5 Å². The highest BCUT2D eigenvalue weighted by atomic mass is 16.1. The number of rotatable bonds is 17. The molecule has 1 N–H and O–H groups in total. The van der Waals surface area contributed by atoms with Gasteiger partial charge in [-0.1, -0.05) is 115 Å². The minimum atomic E-state index is -0.0201. The van der Waals surface area contributed by atoms with Crippen molar-refractivity contribution < 1.29 is 4.79 Å². The van der Waals surface area contributed by atoms with Crippen LogP contribution in [0.4, 0.5) is 0 Å². The Morgan fingerprint density at radius 1 is 0.769 bits per heavy atom. The van der Waals surface area contributed by atoms with Crippen LogP contribution < -0.4 is 5.32 Å². The van der Waals surface area contributed by atoms with Gasteiger partial charge >= 0.3 is 0 Å². The van der Waals surface area contributed by atoms with Crippen molar-refractivity contribution in [1.29, 1.82) is 0 Å². The van der Waals surface area contributed by atoms with Crippen molar-refractivity contribution in [2.75, 3.05) is 6.54 Å². The molecule has 0 fully saturated rings. The third-order valence-corrected chi connectivity index (χ3v) is 4.38. The minimum absolute atomic E-state index is 0.0201. The summed E-state index contributed by atoms with van der Waals surface area (Å²) in [5.41, 5.74) is 0. The number of carbonyl (C=O) groups is 1. The lowest BCUT2D eigenvalue weighted by Gasteiger charge is -2.03. The van der Waals surface area contributed by atoms with Crippen LogP contribution in [-0.4, -0.2) is 12.5 Å². The largest absolute Gasteiger partial charge is 0.352 e. The number of hydrogen-bond acceptors (Lipinski definition) is 1. The van der Waals surface area contributed by atoms with Gasteiger partial charge in [0.1, 0.15) is 0 Å². The fourth-order valence-corrected chi connectivity index (χ4v) is 2.74. The molecule has 0 saturated heterocycles. The molecule has 0 rings (SSSR count). The molecule has 0 aliphatic rings. The molecule has 0 heterocycles. The highest BCUT2D eigenvalue weighted by Crippen LogP contribution is 2.11. The van der Waals surface area contributed by atoms with Crippen LogP contribution in [0, 0.1) is 5.92 Å². The van der Waals surface area contributed by atoms with Gasteiger partial charge in [0.15, 0.2) is 0 Å². The summed E-state index contributed by atoms with van der Waals surface area (Å²) in [5, 5.41) is 2.86. The van der Waals surface area contributed by atoms with E-state index in [1.54, 1.807) is 12.2 Å². The van der Waals surface area contributed by atoms with E-state index in [9.17, 15) is 4.79 Å². The van der Waals surface area contributed by atoms with Crippen molar-refractivity contribution in [3.8, 4) is 0 Å². The lowest BCUT2D eigenvalue weighted by molar-refractivity contribution is -0.116. The molecule has 0 atom stereocenters. The van der Waals surface area contributed by atoms with Gasteiger partial charge in [0, 0.05) is 12.6 Å². The van der Waals surface area contributed by atoms with Crippen molar-refractivity contribution in [3.63, 3.8) is 0 Å². The van der Waals surface area contributed by atoms with Gasteiger partial charge < -0.3 is 5.32 Å². The number of carbonyl (C=O) groups excluding carboxylic acids is 1. The predicted octanol–water partition coefficient (Wildman–Crippen LogP) is 7.13. The molecular formula is C24H43NO. The van der Waals surface area contributed by atoms with Gasteiger partial charge in [0.25, 0.3) is 0 Å². The van der Waals surface area contributed by atoms with Crippen LogP contribution in [0.25, 0.3) is 0 Å². The Morgan fingerprint density at radius 3 is 1.88 bits per heavy atom. The normalized spacial score (nSPS) is 12.2. The lowest BCUT2D eigenvalue weighted by Crippen LogP contribution is -2.25. The molecule has 2 heteroatoms. The molecule has 0 saturated carbocycles. The van der Waals surface area contributed by atoms with E-state index in [-0.39, 0.29) is 5.91 Å². The summed E-state index contributed by atoms with van der Waals surface area (Å²) in [5.74, 6) is 0.467. The summed E-state index contributed by atoms with van der Waals surface area (Å²) < 4.78 is 0. The lowest BCUT2D eigenvalue weighted by atomic mass is 10.1. The fourth-order valence-electron chi connectivity index (χ4n) is 2.74. The molecule has 0 aliphatic carbocycles. The van der Waals surface area contributed by atoms with Crippen LogP contribution in [0.15, 0.2) is 36.5 Å². The van der Waals surface area contributed by atoms with Crippen LogP contribution in [-0.2, 0) is 4.79 Å². The average molecular weight is 362 g/mol. The van der Waals surface area contributed by atoms with Gasteiger partial charge in [0.05, 0.1) is 0 Å². The highest BCUT2D eigenvalue weighted by Gasteiger charge is 1.95. The molecule has 150 valence electrons. The molecule has 2 nitrogen and oxygen atoms in total. The SMILES string of the molecule is CCCCCCCCCCCCC/C=C/C=C/C=C/C(=O)NCC(C)C. The number of hydrogen-bond donors (Lipinski definition) is 1. The van der Waals surface area contributed by atoms with E-state index in [2.05, 4.69) is 38.2 Å². The first kappa shape index (κ1) is 24.7. The van der Waals surface area contributed by atoms with Gasteiger partial charge in [-0.3, -0.25) is 4.79 Å². The Balaban J connectivity index is 3.38. The van der Waals surface area contributed by atoms with E-state index in [0.29, 0.717) is 5.92 Å². The Morgan fingerprint density at radius 2 is 1.31 bits per heavy atom. The smallest absolute Gasteiger partial charge is 0.243 e. The number of allylic oxidation sites excluding steroid dienone is 5. The molecule has 0 aliphatic heterocycles. The second-order valence-corrected chi connectivity index (χ2v) is 7.64. The topological polar surface area (TPSA) is 29.1 Å². The van der Waals surface area contributed by atoms with Gasteiger partial charge in [0.2, 0.25) is 5.91 Å². The van der Waals surface area contributed by atoms with Crippen molar-refractivity contribution in [2.45, 2.75) is 97.8 Å². The van der Waals surface area contributed by atoms with Crippen molar-refractivity contribution in [1.82, 2.24) is 5.32 Å². The third-order valence-electron chi connectivity index (χ3n) is 4.38. The number of nitrogens with one attached hydrogen (secondary N) is 1. The summed E-state index contributed by atoms with van der Waals surface area (Å²) in [7, 11) is 0. The van der Waals surface area contributed by atoms with Crippen LogP contribution in [0.1, 0.15) is 97.8 Å². The molecule has 0 aromatic rings. The van der Waals surface area contributed by atoms with Crippen molar-refractivity contribution in [2.24, 2.45) is 5.92 Å². The maximum atomic E-state index is 11.5. The highest BCUT2D eigenvalue weighted by molar-refractivity contribution is 5.87. The molecule has 0 aromatic heterocycles. The zero-order valence-corrected chi connectivity index (χ0v) is 17.6. The quantitative estimate of drug-likeness (QED) is 0.167. The maximum absolute atomic E-state index is 11.5. The predicted molar refractivity (Wildman–Crippen MR) is 116 cm³/mol. The van der Waals surface area contributed by atoms with E-state index in [0.717, 1.165) is 13.0 Å². The Kier molecular flexibility index (Phi) is 19.0. The van der Waals surface area contributed by atoms with Gasteiger partial charge in [-0.2, -0.15) is 0 Å². The van der Waals surface area contributed by atoms with Crippen molar-refractivity contribution >= 4 is 5.91 Å². The second kappa shape index (κ2) is 20.0. The van der Waals surface area contributed by atoms with Crippen LogP contribution in [0.3, 0.4) is 0 Å². The standard InChI is InChI=1S/C24H43NO/c1-4-5-6-7-8-9-10-11-12-13-14-15-16-17-18-19-20-21-24(26)25-22-23(2)3/h16-21,23H,4-15,22H2,1-3H3,(H,25,26)/b17-16+,19-18+,21-20+.